The van der Waals surface area contributed by atoms with E-state index in [1.54, 1.807) is 11.1 Å². The van der Waals surface area contributed by atoms with E-state index in [1.807, 2.05) is 18.3 Å². The van der Waals surface area contributed by atoms with E-state index < -0.39 is 5.41 Å². The van der Waals surface area contributed by atoms with Crippen molar-refractivity contribution >= 4 is 11.9 Å². The molecule has 3 aliphatic rings. The molecule has 4 rings (SSSR count). The molecule has 1 aromatic heterocycles. The van der Waals surface area contributed by atoms with Gasteiger partial charge in [0.2, 0.25) is 5.91 Å². The third-order valence-corrected chi connectivity index (χ3v) is 6.06. The molecule has 1 aromatic rings. The summed E-state index contributed by atoms with van der Waals surface area (Å²) in [6.07, 6.45) is 8.66. The van der Waals surface area contributed by atoms with Crippen LogP contribution in [0.4, 0.5) is 4.79 Å². The molecule has 3 fully saturated rings. The van der Waals surface area contributed by atoms with Crippen molar-refractivity contribution in [2.45, 2.75) is 38.1 Å². The predicted molar refractivity (Wildman–Crippen MR) is 88.8 cm³/mol. The van der Waals surface area contributed by atoms with Crippen molar-refractivity contribution in [3.8, 4) is 0 Å². The highest BCUT2D eigenvalue weighted by Crippen LogP contribution is 2.48. The lowest BCUT2D eigenvalue weighted by Gasteiger charge is -2.26. The van der Waals surface area contributed by atoms with E-state index in [-0.39, 0.29) is 23.9 Å². The summed E-state index contributed by atoms with van der Waals surface area (Å²) < 4.78 is 0. The van der Waals surface area contributed by atoms with Gasteiger partial charge < -0.3 is 16.0 Å². The lowest BCUT2D eigenvalue weighted by atomic mass is 9.80. The van der Waals surface area contributed by atoms with Gasteiger partial charge in [-0.2, -0.15) is 0 Å². The van der Waals surface area contributed by atoms with Crippen LogP contribution >= 0.6 is 0 Å². The predicted octanol–water partition coefficient (Wildman–Crippen LogP) is 1.83. The number of pyridine rings is 1. The van der Waals surface area contributed by atoms with Crippen molar-refractivity contribution in [3.63, 3.8) is 0 Å². The van der Waals surface area contributed by atoms with Gasteiger partial charge in [0.15, 0.2) is 0 Å². The van der Waals surface area contributed by atoms with Crippen molar-refractivity contribution in [2.24, 2.45) is 23.0 Å². The number of urea groups is 1. The zero-order chi connectivity index (χ0) is 16.7. The zero-order valence-corrected chi connectivity index (χ0v) is 13.8. The largest absolute Gasteiger partial charge is 0.369 e. The van der Waals surface area contributed by atoms with Crippen LogP contribution in [0.1, 0.15) is 43.7 Å². The second kappa shape index (κ2) is 5.76. The summed E-state index contributed by atoms with van der Waals surface area (Å²) in [5.41, 5.74) is 6.23. The molecule has 2 aliphatic carbocycles. The topological polar surface area (TPSA) is 88.3 Å². The van der Waals surface area contributed by atoms with E-state index in [0.29, 0.717) is 19.0 Å². The number of likely N-dealkylation sites (tertiary alicyclic amines) is 1. The molecule has 3 N–H and O–H groups in total. The minimum Gasteiger partial charge on any atom is -0.369 e. The fourth-order valence-electron chi connectivity index (χ4n) is 4.53. The van der Waals surface area contributed by atoms with E-state index >= 15 is 0 Å². The number of amides is 3. The molecule has 24 heavy (non-hydrogen) atoms. The van der Waals surface area contributed by atoms with Crippen LogP contribution in [0.25, 0.3) is 0 Å². The Labute approximate surface area is 141 Å². The highest BCUT2D eigenvalue weighted by atomic mass is 16.2. The number of carbonyl (C=O) groups excluding carboxylic acids is 2. The van der Waals surface area contributed by atoms with Crippen LogP contribution < -0.4 is 11.1 Å². The monoisotopic (exact) mass is 328 g/mol. The van der Waals surface area contributed by atoms with E-state index in [4.69, 9.17) is 5.73 Å². The van der Waals surface area contributed by atoms with Crippen LogP contribution in [0.3, 0.4) is 0 Å². The van der Waals surface area contributed by atoms with E-state index in [0.717, 1.165) is 37.7 Å². The van der Waals surface area contributed by atoms with Gasteiger partial charge in [0.25, 0.3) is 0 Å². The third kappa shape index (κ3) is 2.54. The first-order chi connectivity index (χ1) is 11.6. The smallest absolute Gasteiger partial charge is 0.317 e. The highest BCUT2D eigenvalue weighted by Gasteiger charge is 2.54. The average molecular weight is 328 g/mol. The minimum absolute atomic E-state index is 0.0103. The Bertz CT molecular complexity index is 646. The van der Waals surface area contributed by atoms with Gasteiger partial charge in [-0.15, -0.1) is 0 Å². The summed E-state index contributed by atoms with van der Waals surface area (Å²) >= 11 is 0. The molecule has 3 unspecified atom stereocenters. The van der Waals surface area contributed by atoms with Gasteiger partial charge in [0.05, 0.1) is 11.5 Å². The van der Waals surface area contributed by atoms with Gasteiger partial charge in [0, 0.05) is 25.5 Å². The summed E-state index contributed by atoms with van der Waals surface area (Å²) in [5.74, 6) is 0.468. The first-order valence-electron chi connectivity index (χ1n) is 8.85. The first kappa shape index (κ1) is 15.4. The lowest BCUT2D eigenvalue weighted by Crippen LogP contribution is -2.44. The maximum Gasteiger partial charge on any atom is 0.317 e. The van der Waals surface area contributed by atoms with Crippen molar-refractivity contribution < 1.29 is 9.59 Å². The first-order valence-corrected chi connectivity index (χ1v) is 8.85. The van der Waals surface area contributed by atoms with Crippen molar-refractivity contribution in [1.29, 1.82) is 0 Å². The lowest BCUT2D eigenvalue weighted by molar-refractivity contribution is -0.128. The van der Waals surface area contributed by atoms with Gasteiger partial charge >= 0.3 is 6.03 Å². The van der Waals surface area contributed by atoms with Crippen molar-refractivity contribution in [3.05, 3.63) is 30.1 Å². The Morgan fingerprint density at radius 1 is 1.38 bits per heavy atom. The van der Waals surface area contributed by atoms with E-state index in [1.165, 1.54) is 0 Å². The van der Waals surface area contributed by atoms with Gasteiger partial charge in [-0.3, -0.25) is 9.78 Å². The summed E-state index contributed by atoms with van der Waals surface area (Å²) in [4.78, 5) is 30.8. The van der Waals surface area contributed by atoms with Gasteiger partial charge in [-0.25, -0.2) is 4.79 Å². The second-order valence-corrected chi connectivity index (χ2v) is 7.54. The Hall–Kier alpha value is -2.11. The van der Waals surface area contributed by atoms with Gasteiger partial charge in [-0.05, 0) is 49.1 Å². The summed E-state index contributed by atoms with van der Waals surface area (Å²) in [7, 11) is 0. The number of nitrogens with zero attached hydrogens (tertiary/aromatic N) is 2. The molecule has 1 saturated heterocycles. The van der Waals surface area contributed by atoms with Gasteiger partial charge in [-0.1, -0.05) is 12.5 Å². The van der Waals surface area contributed by atoms with Crippen LogP contribution in [-0.4, -0.2) is 34.9 Å². The quantitative estimate of drug-likeness (QED) is 0.884. The SMILES string of the molecule is NC(=O)C12CCCC1CN(C(=O)NC(c1cccnc1)C1CC1)C2. The zero-order valence-electron chi connectivity index (χ0n) is 13.8. The molecule has 1 aliphatic heterocycles. The molecule has 2 heterocycles. The normalized spacial score (nSPS) is 30.0. The number of hydrogen-bond donors (Lipinski definition) is 2. The molecule has 6 heteroatoms. The van der Waals surface area contributed by atoms with Crippen molar-refractivity contribution in [2.75, 3.05) is 13.1 Å². The Balaban J connectivity index is 1.47. The number of fused-ring (bicyclic) bond motifs is 1. The summed E-state index contributed by atoms with van der Waals surface area (Å²) in [5, 5.41) is 3.18. The number of nitrogens with one attached hydrogen (secondary N) is 1. The molecule has 2 saturated carbocycles. The molecule has 0 spiro atoms. The standard InChI is InChI=1S/C18H24N4O2/c19-16(23)18-7-1-4-14(18)10-22(11-18)17(24)21-15(12-5-6-12)13-3-2-8-20-9-13/h2-3,8-9,12,14-15H,1,4-7,10-11H2,(H2,19,23)(H,21,24). The Kier molecular flexibility index (Phi) is 3.70. The molecule has 0 bridgehead atoms. The Morgan fingerprint density at radius 2 is 2.21 bits per heavy atom. The fourth-order valence-corrected chi connectivity index (χ4v) is 4.53. The minimum atomic E-state index is -0.499. The van der Waals surface area contributed by atoms with Crippen LogP contribution in [0.2, 0.25) is 0 Å². The fraction of sp³-hybridized carbons (Fsp3) is 0.611. The number of primary amides is 1. The molecule has 3 atom stereocenters. The number of rotatable bonds is 4. The van der Waals surface area contributed by atoms with Crippen LogP contribution in [0.15, 0.2) is 24.5 Å². The summed E-state index contributed by atoms with van der Waals surface area (Å²) in [6.45, 7) is 1.10. The van der Waals surface area contributed by atoms with Crippen LogP contribution in [0.5, 0.6) is 0 Å². The maximum atomic E-state index is 12.8. The summed E-state index contributed by atoms with van der Waals surface area (Å²) in [6, 6.07) is 3.85. The van der Waals surface area contributed by atoms with Crippen molar-refractivity contribution in [1.82, 2.24) is 15.2 Å². The molecular weight excluding hydrogens is 304 g/mol. The average Bonchev–Trinajstić information content (AvgIpc) is 3.21. The molecule has 3 amide bonds. The number of hydrogen-bond acceptors (Lipinski definition) is 3. The number of nitrogens with two attached hydrogens (primary N) is 1. The number of carbonyl (C=O) groups is 2. The second-order valence-electron chi connectivity index (χ2n) is 7.54. The third-order valence-electron chi connectivity index (χ3n) is 6.06. The molecule has 6 nitrogen and oxygen atoms in total. The maximum absolute atomic E-state index is 12.8. The Morgan fingerprint density at radius 3 is 2.83 bits per heavy atom. The highest BCUT2D eigenvalue weighted by molar-refractivity contribution is 5.84. The molecular formula is C18H24N4O2. The van der Waals surface area contributed by atoms with Crippen LogP contribution in [-0.2, 0) is 4.79 Å². The molecule has 0 radical (unpaired) electrons. The number of aromatic nitrogens is 1. The molecule has 128 valence electrons. The van der Waals surface area contributed by atoms with E-state index in [2.05, 4.69) is 10.3 Å². The van der Waals surface area contributed by atoms with Gasteiger partial charge in [0.1, 0.15) is 0 Å². The molecule has 0 aromatic carbocycles. The van der Waals surface area contributed by atoms with Crippen LogP contribution in [0, 0.1) is 17.3 Å². The van der Waals surface area contributed by atoms with E-state index in [9.17, 15) is 9.59 Å².